The monoisotopic (exact) mass is 213 g/mol. The molecule has 14 heavy (non-hydrogen) atoms. The molecule has 0 saturated heterocycles. The normalized spacial score (nSPS) is 11.8. The summed E-state index contributed by atoms with van der Waals surface area (Å²) >= 11 is 1.63. The SMILES string of the molecule is COCCN=C(NN)c1sccc1C. The molecule has 0 saturated carbocycles. The highest BCUT2D eigenvalue weighted by Crippen LogP contribution is 2.15. The Balaban J connectivity index is 2.71. The van der Waals surface area contributed by atoms with Gasteiger partial charge in [-0.15, -0.1) is 11.3 Å². The quantitative estimate of drug-likeness (QED) is 0.257. The molecule has 1 heterocycles. The molecule has 0 radical (unpaired) electrons. The summed E-state index contributed by atoms with van der Waals surface area (Å²) in [4.78, 5) is 5.39. The van der Waals surface area contributed by atoms with Crippen LogP contribution < -0.4 is 11.3 Å². The van der Waals surface area contributed by atoms with Gasteiger partial charge in [0.25, 0.3) is 0 Å². The molecule has 1 aromatic heterocycles. The van der Waals surface area contributed by atoms with Crippen LogP contribution in [-0.4, -0.2) is 26.1 Å². The van der Waals surface area contributed by atoms with Crippen molar-refractivity contribution in [2.24, 2.45) is 10.8 Å². The van der Waals surface area contributed by atoms with Gasteiger partial charge in [0.05, 0.1) is 18.0 Å². The predicted molar refractivity (Wildman–Crippen MR) is 59.7 cm³/mol. The lowest BCUT2D eigenvalue weighted by atomic mass is 10.3. The van der Waals surface area contributed by atoms with E-state index in [1.54, 1.807) is 18.4 Å². The number of ether oxygens (including phenoxy) is 1. The van der Waals surface area contributed by atoms with Crippen molar-refractivity contribution >= 4 is 17.2 Å². The molecule has 0 bridgehead atoms. The van der Waals surface area contributed by atoms with Gasteiger partial charge in [-0.25, -0.2) is 5.84 Å². The molecule has 4 nitrogen and oxygen atoms in total. The summed E-state index contributed by atoms with van der Waals surface area (Å²) in [6, 6.07) is 2.04. The molecule has 0 amide bonds. The molecule has 0 aliphatic rings. The molecule has 0 aromatic carbocycles. The molecule has 78 valence electrons. The highest BCUT2D eigenvalue weighted by Gasteiger charge is 2.05. The summed E-state index contributed by atoms with van der Waals surface area (Å²) in [6.45, 7) is 3.26. The Morgan fingerprint density at radius 2 is 2.50 bits per heavy atom. The van der Waals surface area contributed by atoms with Gasteiger partial charge in [0.15, 0.2) is 5.84 Å². The minimum Gasteiger partial charge on any atom is -0.383 e. The number of aliphatic imine (C=N–C) groups is 1. The summed E-state index contributed by atoms with van der Waals surface area (Å²) in [5.41, 5.74) is 3.79. The first-order valence-corrected chi connectivity index (χ1v) is 5.22. The number of rotatable bonds is 4. The van der Waals surface area contributed by atoms with E-state index in [9.17, 15) is 0 Å². The van der Waals surface area contributed by atoms with Crippen LogP contribution in [0.2, 0.25) is 0 Å². The average Bonchev–Trinajstić information content (AvgIpc) is 2.60. The highest BCUT2D eigenvalue weighted by atomic mass is 32.1. The molecule has 0 atom stereocenters. The van der Waals surface area contributed by atoms with E-state index in [0.29, 0.717) is 13.2 Å². The maximum absolute atomic E-state index is 5.40. The number of hydrogen-bond acceptors (Lipinski definition) is 4. The molecular weight excluding hydrogens is 198 g/mol. The van der Waals surface area contributed by atoms with Crippen LogP contribution in [0.4, 0.5) is 0 Å². The van der Waals surface area contributed by atoms with E-state index in [4.69, 9.17) is 10.6 Å². The Bertz CT molecular complexity index is 309. The third-order valence-corrected chi connectivity index (χ3v) is 2.80. The lowest BCUT2D eigenvalue weighted by molar-refractivity contribution is 0.208. The van der Waals surface area contributed by atoms with Gasteiger partial charge in [-0.3, -0.25) is 4.99 Å². The van der Waals surface area contributed by atoms with Crippen molar-refractivity contribution in [2.45, 2.75) is 6.92 Å². The van der Waals surface area contributed by atoms with Crippen LogP contribution in [0.3, 0.4) is 0 Å². The van der Waals surface area contributed by atoms with E-state index in [1.807, 2.05) is 18.4 Å². The average molecular weight is 213 g/mol. The summed E-state index contributed by atoms with van der Waals surface area (Å²) in [5, 5.41) is 2.02. The molecule has 0 aliphatic heterocycles. The maximum atomic E-state index is 5.40. The largest absolute Gasteiger partial charge is 0.383 e. The van der Waals surface area contributed by atoms with Crippen LogP contribution in [0, 0.1) is 6.92 Å². The van der Waals surface area contributed by atoms with Crippen LogP contribution >= 0.6 is 11.3 Å². The first-order chi connectivity index (χ1) is 6.79. The van der Waals surface area contributed by atoms with E-state index in [2.05, 4.69) is 10.4 Å². The fraction of sp³-hybridized carbons (Fsp3) is 0.444. The zero-order valence-corrected chi connectivity index (χ0v) is 9.23. The van der Waals surface area contributed by atoms with Gasteiger partial charge in [-0.05, 0) is 23.9 Å². The van der Waals surface area contributed by atoms with Crippen molar-refractivity contribution in [1.29, 1.82) is 0 Å². The molecule has 0 aliphatic carbocycles. The standard InChI is InChI=1S/C9H15N3OS/c1-7-3-6-14-8(7)9(12-10)11-4-5-13-2/h3,6H,4-5,10H2,1-2H3,(H,11,12). The van der Waals surface area contributed by atoms with Crippen molar-refractivity contribution in [3.8, 4) is 0 Å². The Morgan fingerprint density at radius 3 is 3.00 bits per heavy atom. The van der Waals surface area contributed by atoms with Gasteiger partial charge in [0.2, 0.25) is 0 Å². The highest BCUT2D eigenvalue weighted by molar-refractivity contribution is 7.12. The summed E-state index contributed by atoms with van der Waals surface area (Å²) in [5.74, 6) is 6.13. The summed E-state index contributed by atoms with van der Waals surface area (Å²) < 4.78 is 4.91. The van der Waals surface area contributed by atoms with Crippen LogP contribution in [0.5, 0.6) is 0 Å². The second kappa shape index (κ2) is 5.74. The van der Waals surface area contributed by atoms with Crippen LogP contribution in [0.25, 0.3) is 0 Å². The van der Waals surface area contributed by atoms with E-state index < -0.39 is 0 Å². The number of hydrogen-bond donors (Lipinski definition) is 2. The van der Waals surface area contributed by atoms with Crippen LogP contribution in [-0.2, 0) is 4.74 Å². The number of hydrazine groups is 1. The van der Waals surface area contributed by atoms with Gasteiger partial charge < -0.3 is 10.2 Å². The third kappa shape index (κ3) is 2.80. The Hall–Kier alpha value is -0.910. The second-order valence-corrected chi connectivity index (χ2v) is 3.72. The van der Waals surface area contributed by atoms with Crippen molar-refractivity contribution in [2.75, 3.05) is 20.3 Å². The fourth-order valence-electron chi connectivity index (χ4n) is 1.05. The fourth-order valence-corrected chi connectivity index (χ4v) is 1.94. The first-order valence-electron chi connectivity index (χ1n) is 4.34. The molecule has 0 fully saturated rings. The topological polar surface area (TPSA) is 59.6 Å². The van der Waals surface area contributed by atoms with Gasteiger partial charge in [0, 0.05) is 7.11 Å². The Kier molecular flexibility index (Phi) is 4.58. The smallest absolute Gasteiger partial charge is 0.153 e. The van der Waals surface area contributed by atoms with Crippen LogP contribution in [0.1, 0.15) is 10.4 Å². The predicted octanol–water partition coefficient (Wildman–Crippen LogP) is 0.913. The minimum atomic E-state index is 0.607. The van der Waals surface area contributed by atoms with Crippen molar-refractivity contribution in [3.05, 3.63) is 21.9 Å². The molecule has 0 spiro atoms. The van der Waals surface area contributed by atoms with Crippen LogP contribution in [0.15, 0.2) is 16.4 Å². The molecule has 1 rings (SSSR count). The van der Waals surface area contributed by atoms with Crippen molar-refractivity contribution in [3.63, 3.8) is 0 Å². The molecule has 5 heteroatoms. The van der Waals surface area contributed by atoms with E-state index in [1.165, 1.54) is 5.56 Å². The number of methoxy groups -OCH3 is 1. The molecule has 1 aromatic rings. The van der Waals surface area contributed by atoms with Crippen molar-refractivity contribution < 1.29 is 4.74 Å². The number of aryl methyl sites for hydroxylation is 1. The number of nitrogens with one attached hydrogen (secondary N) is 1. The first kappa shape index (κ1) is 11.2. The Labute approximate surface area is 87.8 Å². The van der Waals surface area contributed by atoms with E-state index in [0.717, 1.165) is 10.7 Å². The summed E-state index contributed by atoms with van der Waals surface area (Å²) in [7, 11) is 1.65. The second-order valence-electron chi connectivity index (χ2n) is 2.80. The van der Waals surface area contributed by atoms with E-state index in [-0.39, 0.29) is 0 Å². The van der Waals surface area contributed by atoms with Gasteiger partial charge in [0.1, 0.15) is 0 Å². The van der Waals surface area contributed by atoms with Gasteiger partial charge >= 0.3 is 0 Å². The zero-order chi connectivity index (χ0) is 10.4. The molecule has 0 unspecified atom stereocenters. The van der Waals surface area contributed by atoms with Gasteiger partial charge in [-0.2, -0.15) is 0 Å². The number of nitrogens with two attached hydrogens (primary N) is 1. The minimum absolute atomic E-state index is 0.607. The Morgan fingerprint density at radius 1 is 1.71 bits per heavy atom. The summed E-state index contributed by atoms with van der Waals surface area (Å²) in [6.07, 6.45) is 0. The lowest BCUT2D eigenvalue weighted by Gasteiger charge is -2.04. The molecular formula is C9H15N3OS. The lowest BCUT2D eigenvalue weighted by Crippen LogP contribution is -2.31. The number of nitrogens with zero attached hydrogens (tertiary/aromatic N) is 1. The van der Waals surface area contributed by atoms with Crippen molar-refractivity contribution in [1.82, 2.24) is 5.43 Å². The number of thiophene rings is 1. The van der Waals surface area contributed by atoms with E-state index >= 15 is 0 Å². The third-order valence-electron chi connectivity index (χ3n) is 1.78. The molecule has 3 N–H and O–H groups in total. The maximum Gasteiger partial charge on any atom is 0.153 e. The van der Waals surface area contributed by atoms with Gasteiger partial charge in [-0.1, -0.05) is 0 Å². The zero-order valence-electron chi connectivity index (χ0n) is 8.41. The number of amidine groups is 1.